The number of carbonyl (C=O) groups excluding carboxylic acids is 1. The third-order valence-electron chi connectivity index (χ3n) is 2.19. The van der Waals surface area contributed by atoms with Gasteiger partial charge in [0.2, 0.25) is 0 Å². The molecule has 1 heterocycles. The Morgan fingerprint density at radius 1 is 1.50 bits per heavy atom. The maximum atomic E-state index is 11.6. The first kappa shape index (κ1) is 13.9. The first-order valence-electron chi connectivity index (χ1n) is 5.14. The summed E-state index contributed by atoms with van der Waals surface area (Å²) in [5.41, 5.74) is -0.369. The van der Waals surface area contributed by atoms with Crippen molar-refractivity contribution in [3.8, 4) is 0 Å². The van der Waals surface area contributed by atoms with Crippen LogP contribution >= 0.6 is 0 Å². The minimum absolute atomic E-state index is 0.0563. The molecular weight excluding hydrogens is 242 g/mol. The minimum atomic E-state index is -1.01. The average Bonchev–Trinajstić information content (AvgIpc) is 2.34. The summed E-state index contributed by atoms with van der Waals surface area (Å²) in [5.74, 6) is -1.48. The van der Waals surface area contributed by atoms with E-state index in [9.17, 15) is 14.4 Å². The van der Waals surface area contributed by atoms with Crippen LogP contribution in [0.3, 0.4) is 0 Å². The van der Waals surface area contributed by atoms with Crippen molar-refractivity contribution in [2.45, 2.75) is 12.5 Å². The summed E-state index contributed by atoms with van der Waals surface area (Å²) >= 11 is 0. The van der Waals surface area contributed by atoms with Crippen LogP contribution in [0.15, 0.2) is 27.6 Å². The molecule has 7 nitrogen and oxygen atoms in total. The Bertz CT molecular complexity index is 460. The lowest BCUT2D eigenvalue weighted by Crippen LogP contribution is -2.34. The van der Waals surface area contributed by atoms with Crippen molar-refractivity contribution in [1.82, 2.24) is 5.32 Å². The topological polar surface area (TPSA) is 106 Å². The van der Waals surface area contributed by atoms with Gasteiger partial charge in [0.25, 0.3) is 5.91 Å². The number of ether oxygens (including phenoxy) is 1. The number of rotatable bonds is 6. The number of nitrogens with one attached hydrogen (secondary N) is 1. The Morgan fingerprint density at radius 3 is 2.72 bits per heavy atom. The maximum Gasteiger partial charge on any atom is 0.335 e. The molecule has 1 rings (SSSR count). The SMILES string of the molecule is COC(CNC(=O)c1ccc(=O)oc1)CC(=O)O. The van der Waals surface area contributed by atoms with E-state index in [0.29, 0.717) is 0 Å². The lowest BCUT2D eigenvalue weighted by atomic mass is 10.2. The van der Waals surface area contributed by atoms with Crippen LogP contribution in [0.4, 0.5) is 0 Å². The Hall–Kier alpha value is -2.15. The molecule has 0 spiro atoms. The standard InChI is InChI=1S/C11H13NO6/c1-17-8(4-9(13)14)5-12-11(16)7-2-3-10(15)18-6-7/h2-3,6,8H,4-5H2,1H3,(H,12,16)(H,13,14). The molecule has 0 radical (unpaired) electrons. The molecule has 2 N–H and O–H groups in total. The first-order valence-corrected chi connectivity index (χ1v) is 5.14. The smallest absolute Gasteiger partial charge is 0.335 e. The van der Waals surface area contributed by atoms with Crippen molar-refractivity contribution >= 4 is 11.9 Å². The Morgan fingerprint density at radius 2 is 2.22 bits per heavy atom. The quantitative estimate of drug-likeness (QED) is 0.732. The van der Waals surface area contributed by atoms with Crippen LogP contribution in [0.2, 0.25) is 0 Å². The predicted octanol–water partition coefficient (Wildman–Crippen LogP) is -0.141. The van der Waals surface area contributed by atoms with Crippen molar-refractivity contribution in [2.24, 2.45) is 0 Å². The van der Waals surface area contributed by atoms with Crippen molar-refractivity contribution in [3.05, 3.63) is 34.4 Å². The van der Waals surface area contributed by atoms with Gasteiger partial charge in [-0.2, -0.15) is 0 Å². The zero-order valence-corrected chi connectivity index (χ0v) is 9.71. The molecule has 7 heteroatoms. The second kappa shape index (κ2) is 6.55. The van der Waals surface area contributed by atoms with Gasteiger partial charge in [0.05, 0.1) is 18.1 Å². The summed E-state index contributed by atoms with van der Waals surface area (Å²) in [7, 11) is 1.36. The van der Waals surface area contributed by atoms with Crippen LogP contribution in [0.5, 0.6) is 0 Å². The van der Waals surface area contributed by atoms with Crippen LogP contribution in [-0.4, -0.2) is 36.7 Å². The van der Waals surface area contributed by atoms with E-state index in [1.807, 2.05) is 0 Å². The fourth-order valence-corrected chi connectivity index (χ4v) is 1.23. The first-order chi connectivity index (χ1) is 8.52. The number of methoxy groups -OCH3 is 1. The second-order valence-corrected chi connectivity index (χ2v) is 3.51. The highest BCUT2D eigenvalue weighted by Crippen LogP contribution is 1.98. The van der Waals surface area contributed by atoms with Crippen LogP contribution in [0.1, 0.15) is 16.8 Å². The lowest BCUT2D eigenvalue weighted by molar-refractivity contribution is -0.139. The highest BCUT2D eigenvalue weighted by Gasteiger charge is 2.14. The maximum absolute atomic E-state index is 11.6. The highest BCUT2D eigenvalue weighted by molar-refractivity contribution is 5.93. The normalized spacial score (nSPS) is 11.8. The summed E-state index contributed by atoms with van der Waals surface area (Å²) in [6.07, 6.45) is 0.222. The van der Waals surface area contributed by atoms with Crippen LogP contribution in [0, 0.1) is 0 Å². The van der Waals surface area contributed by atoms with E-state index < -0.39 is 23.6 Å². The number of aliphatic carboxylic acids is 1. The summed E-state index contributed by atoms with van der Waals surface area (Å²) in [6, 6.07) is 2.44. The largest absolute Gasteiger partial charge is 0.481 e. The van der Waals surface area contributed by atoms with E-state index in [-0.39, 0.29) is 18.5 Å². The average molecular weight is 255 g/mol. The molecule has 1 aromatic heterocycles. The number of carbonyl (C=O) groups is 2. The van der Waals surface area contributed by atoms with E-state index in [0.717, 1.165) is 12.3 Å². The van der Waals surface area contributed by atoms with Gasteiger partial charge in [0.1, 0.15) is 6.26 Å². The molecule has 1 atom stereocenters. The number of hydrogen-bond acceptors (Lipinski definition) is 5. The van der Waals surface area contributed by atoms with Crippen molar-refractivity contribution < 1.29 is 23.8 Å². The molecule has 18 heavy (non-hydrogen) atoms. The van der Waals surface area contributed by atoms with Gasteiger partial charge in [-0.1, -0.05) is 0 Å². The molecule has 98 valence electrons. The van der Waals surface area contributed by atoms with Crippen LogP contribution in [0.25, 0.3) is 0 Å². The lowest BCUT2D eigenvalue weighted by Gasteiger charge is -2.13. The summed E-state index contributed by atoms with van der Waals surface area (Å²) in [5, 5.41) is 11.1. The van der Waals surface area contributed by atoms with Gasteiger partial charge < -0.3 is 19.6 Å². The summed E-state index contributed by atoms with van der Waals surface area (Å²) in [4.78, 5) is 32.8. The number of hydrogen-bond donors (Lipinski definition) is 2. The molecule has 0 fully saturated rings. The van der Waals surface area contributed by atoms with Crippen LogP contribution in [-0.2, 0) is 9.53 Å². The fourth-order valence-electron chi connectivity index (χ4n) is 1.23. The van der Waals surface area contributed by atoms with Crippen molar-refractivity contribution in [2.75, 3.05) is 13.7 Å². The second-order valence-electron chi connectivity index (χ2n) is 3.51. The zero-order valence-electron chi connectivity index (χ0n) is 9.71. The van der Waals surface area contributed by atoms with Gasteiger partial charge in [-0.05, 0) is 6.07 Å². The van der Waals surface area contributed by atoms with Gasteiger partial charge in [-0.25, -0.2) is 4.79 Å². The van der Waals surface area contributed by atoms with Crippen molar-refractivity contribution in [1.29, 1.82) is 0 Å². The molecule has 0 aromatic carbocycles. The minimum Gasteiger partial charge on any atom is -0.481 e. The number of carboxylic acid groups (broad SMARTS) is 1. The fraction of sp³-hybridized carbons (Fsp3) is 0.364. The monoisotopic (exact) mass is 255 g/mol. The van der Waals surface area contributed by atoms with Gasteiger partial charge >= 0.3 is 11.6 Å². The summed E-state index contributed by atoms with van der Waals surface area (Å²) < 4.78 is 9.43. The van der Waals surface area contributed by atoms with Gasteiger partial charge in [0, 0.05) is 19.7 Å². The molecule has 1 unspecified atom stereocenters. The third kappa shape index (κ3) is 4.38. The third-order valence-corrected chi connectivity index (χ3v) is 2.19. The Labute approximate surface area is 102 Å². The number of amides is 1. The van der Waals surface area contributed by atoms with Gasteiger partial charge in [-0.3, -0.25) is 9.59 Å². The zero-order chi connectivity index (χ0) is 13.5. The molecular formula is C11H13NO6. The molecule has 1 aromatic rings. The molecule has 0 aliphatic carbocycles. The van der Waals surface area contributed by atoms with E-state index in [4.69, 9.17) is 9.84 Å². The molecule has 0 bridgehead atoms. The van der Waals surface area contributed by atoms with E-state index in [1.165, 1.54) is 13.2 Å². The molecule has 0 aliphatic heterocycles. The molecule has 1 amide bonds. The molecule has 0 aliphatic rings. The highest BCUT2D eigenvalue weighted by atomic mass is 16.5. The summed E-state index contributed by atoms with van der Waals surface area (Å²) in [6.45, 7) is 0.0563. The van der Waals surface area contributed by atoms with E-state index in [2.05, 4.69) is 9.73 Å². The Kier molecular flexibility index (Phi) is 5.06. The van der Waals surface area contributed by atoms with Crippen molar-refractivity contribution in [3.63, 3.8) is 0 Å². The van der Waals surface area contributed by atoms with Crippen LogP contribution < -0.4 is 10.9 Å². The molecule has 0 saturated carbocycles. The van der Waals surface area contributed by atoms with E-state index in [1.54, 1.807) is 0 Å². The number of carboxylic acids is 1. The molecule has 0 saturated heterocycles. The van der Waals surface area contributed by atoms with Gasteiger partial charge in [-0.15, -0.1) is 0 Å². The van der Waals surface area contributed by atoms with E-state index >= 15 is 0 Å². The predicted molar refractivity (Wildman–Crippen MR) is 60.4 cm³/mol. The Balaban J connectivity index is 2.52. The van der Waals surface area contributed by atoms with Gasteiger partial charge in [0.15, 0.2) is 0 Å².